The molecule has 4 nitrogen and oxygen atoms in total. The van der Waals surface area contributed by atoms with E-state index in [1.807, 2.05) is 0 Å². The van der Waals surface area contributed by atoms with Crippen molar-refractivity contribution >= 4 is 5.78 Å². The van der Waals surface area contributed by atoms with Crippen molar-refractivity contribution in [3.8, 4) is 11.5 Å². The average Bonchev–Trinajstić information content (AvgIpc) is 2.77. The van der Waals surface area contributed by atoms with Crippen molar-refractivity contribution in [2.24, 2.45) is 0 Å². The van der Waals surface area contributed by atoms with Crippen molar-refractivity contribution in [3.05, 3.63) is 36.0 Å². The molecule has 0 saturated heterocycles. The first-order valence-corrected chi connectivity index (χ1v) is 4.88. The van der Waals surface area contributed by atoms with E-state index < -0.39 is 11.9 Å². The minimum absolute atomic E-state index is 0.0481. The van der Waals surface area contributed by atoms with E-state index in [1.54, 1.807) is 0 Å². The van der Waals surface area contributed by atoms with Gasteiger partial charge in [-0.1, -0.05) is 0 Å². The Kier molecular flexibility index (Phi) is 2.90. The van der Waals surface area contributed by atoms with Crippen LogP contribution in [0.25, 0.3) is 11.5 Å². The lowest BCUT2D eigenvalue weighted by Gasteiger charge is -2.05. The first-order valence-electron chi connectivity index (χ1n) is 4.88. The van der Waals surface area contributed by atoms with Crippen molar-refractivity contribution in [2.75, 3.05) is 0 Å². The number of ketones is 1. The molecule has 0 spiro atoms. The molecule has 0 unspecified atom stereocenters. The first-order chi connectivity index (χ1) is 8.38. The fourth-order valence-corrected chi connectivity index (χ4v) is 1.29. The van der Waals surface area contributed by atoms with Crippen LogP contribution in [-0.2, 0) is 6.18 Å². The fourth-order valence-electron chi connectivity index (χ4n) is 1.29. The molecule has 0 N–H and O–H groups in total. The van der Waals surface area contributed by atoms with E-state index in [0.29, 0.717) is 0 Å². The number of pyridine rings is 1. The van der Waals surface area contributed by atoms with Gasteiger partial charge in [0, 0.05) is 18.7 Å². The lowest BCUT2D eigenvalue weighted by molar-refractivity contribution is -0.141. The molecular formula is C11H7F3N2O2. The van der Waals surface area contributed by atoms with Gasteiger partial charge in [-0.2, -0.15) is 13.2 Å². The third kappa shape index (κ3) is 2.39. The molecule has 0 radical (unpaired) electrons. The van der Waals surface area contributed by atoms with Gasteiger partial charge in [0.1, 0.15) is 17.7 Å². The Labute approximate surface area is 99.5 Å². The van der Waals surface area contributed by atoms with Crippen molar-refractivity contribution in [1.29, 1.82) is 0 Å². The van der Waals surface area contributed by atoms with Crippen LogP contribution < -0.4 is 0 Å². The molecule has 94 valence electrons. The molecule has 0 aliphatic carbocycles. The van der Waals surface area contributed by atoms with Crippen molar-refractivity contribution in [2.45, 2.75) is 13.1 Å². The third-order valence-electron chi connectivity index (χ3n) is 2.16. The van der Waals surface area contributed by atoms with Gasteiger partial charge in [-0.25, -0.2) is 4.98 Å². The molecular weight excluding hydrogens is 249 g/mol. The summed E-state index contributed by atoms with van der Waals surface area (Å²) in [6.07, 6.45) is -2.42. The van der Waals surface area contributed by atoms with Crippen LogP contribution in [-0.4, -0.2) is 15.8 Å². The number of halogens is 3. The molecule has 2 rings (SSSR count). The Morgan fingerprint density at radius 2 is 2.11 bits per heavy atom. The Morgan fingerprint density at radius 3 is 2.67 bits per heavy atom. The molecule has 2 heterocycles. The molecule has 7 heteroatoms. The quantitative estimate of drug-likeness (QED) is 0.775. The molecule has 0 saturated carbocycles. The Balaban J connectivity index is 2.41. The van der Waals surface area contributed by atoms with Crippen molar-refractivity contribution < 1.29 is 22.4 Å². The number of carbonyl (C=O) groups excluding carboxylic acids is 1. The highest BCUT2D eigenvalue weighted by Gasteiger charge is 2.32. The molecule has 0 amide bonds. The lowest BCUT2D eigenvalue weighted by atomic mass is 10.2. The van der Waals surface area contributed by atoms with E-state index in [4.69, 9.17) is 4.42 Å². The van der Waals surface area contributed by atoms with Crippen LogP contribution in [0.15, 0.2) is 29.0 Å². The van der Waals surface area contributed by atoms with Crippen LogP contribution in [0.1, 0.15) is 23.1 Å². The number of hydrogen-bond acceptors (Lipinski definition) is 4. The predicted octanol–water partition coefficient (Wildman–Crippen LogP) is 2.96. The minimum Gasteiger partial charge on any atom is -0.444 e. The van der Waals surface area contributed by atoms with E-state index in [-0.39, 0.29) is 22.9 Å². The molecule has 0 bridgehead atoms. The molecule has 2 aromatic heterocycles. The van der Waals surface area contributed by atoms with Crippen LogP contribution in [0.3, 0.4) is 0 Å². The van der Waals surface area contributed by atoms with Gasteiger partial charge in [-0.3, -0.25) is 9.78 Å². The summed E-state index contributed by atoms with van der Waals surface area (Å²) in [4.78, 5) is 18.0. The summed E-state index contributed by atoms with van der Waals surface area (Å²) >= 11 is 0. The van der Waals surface area contributed by atoms with Gasteiger partial charge in [0.05, 0.1) is 0 Å². The number of alkyl halides is 3. The number of hydrogen-bond donors (Lipinski definition) is 0. The maximum Gasteiger partial charge on any atom is 0.433 e. The third-order valence-corrected chi connectivity index (χ3v) is 2.16. The van der Waals surface area contributed by atoms with Gasteiger partial charge in [-0.15, -0.1) is 0 Å². The second-order valence-corrected chi connectivity index (χ2v) is 3.52. The van der Waals surface area contributed by atoms with E-state index >= 15 is 0 Å². The highest BCUT2D eigenvalue weighted by molar-refractivity contribution is 5.92. The first kappa shape index (κ1) is 12.3. The summed E-state index contributed by atoms with van der Waals surface area (Å²) in [5, 5.41) is 0. The standard InChI is InChI=1S/C11H7F3N2O2/c1-6(17)8-5-18-10(16-8)7-2-3-15-9(4-7)11(12,13)14/h2-5H,1H3. The van der Waals surface area contributed by atoms with Gasteiger partial charge in [0.25, 0.3) is 0 Å². The summed E-state index contributed by atoms with van der Waals surface area (Å²) in [6, 6.07) is 2.14. The van der Waals surface area contributed by atoms with Crippen LogP contribution in [0.2, 0.25) is 0 Å². The SMILES string of the molecule is CC(=O)c1coc(-c2ccnc(C(F)(F)F)c2)n1. The largest absolute Gasteiger partial charge is 0.444 e. The Hall–Kier alpha value is -2.18. The van der Waals surface area contributed by atoms with Gasteiger partial charge in [0.15, 0.2) is 5.78 Å². The molecule has 0 atom stereocenters. The van der Waals surface area contributed by atoms with Gasteiger partial charge < -0.3 is 4.42 Å². The highest BCUT2D eigenvalue weighted by atomic mass is 19.4. The summed E-state index contributed by atoms with van der Waals surface area (Å²) in [7, 11) is 0. The predicted molar refractivity (Wildman–Crippen MR) is 54.7 cm³/mol. The van der Waals surface area contributed by atoms with Crippen LogP contribution in [0.5, 0.6) is 0 Å². The van der Waals surface area contributed by atoms with Crippen molar-refractivity contribution in [1.82, 2.24) is 9.97 Å². The zero-order valence-corrected chi connectivity index (χ0v) is 9.15. The van der Waals surface area contributed by atoms with Gasteiger partial charge in [-0.05, 0) is 12.1 Å². The van der Waals surface area contributed by atoms with E-state index in [0.717, 1.165) is 18.5 Å². The zero-order valence-electron chi connectivity index (χ0n) is 9.15. The highest BCUT2D eigenvalue weighted by Crippen LogP contribution is 2.30. The molecule has 2 aromatic rings. The maximum atomic E-state index is 12.4. The topological polar surface area (TPSA) is 56.0 Å². The average molecular weight is 256 g/mol. The van der Waals surface area contributed by atoms with Gasteiger partial charge >= 0.3 is 6.18 Å². The molecule has 18 heavy (non-hydrogen) atoms. The van der Waals surface area contributed by atoms with E-state index in [9.17, 15) is 18.0 Å². The Morgan fingerprint density at radius 1 is 1.39 bits per heavy atom. The number of nitrogens with zero attached hydrogens (tertiary/aromatic N) is 2. The number of rotatable bonds is 2. The lowest BCUT2D eigenvalue weighted by Crippen LogP contribution is -2.07. The molecule has 0 aliphatic rings. The number of carbonyl (C=O) groups is 1. The van der Waals surface area contributed by atoms with Crippen molar-refractivity contribution in [3.63, 3.8) is 0 Å². The van der Waals surface area contributed by atoms with Gasteiger partial charge in [0.2, 0.25) is 5.89 Å². The van der Waals surface area contributed by atoms with Crippen LogP contribution >= 0.6 is 0 Å². The monoisotopic (exact) mass is 256 g/mol. The number of Topliss-reactive ketones (excluding diaryl/α,β-unsaturated/α-hetero) is 1. The summed E-state index contributed by atoms with van der Waals surface area (Å²) < 4.78 is 42.3. The normalized spacial score (nSPS) is 11.6. The van der Waals surface area contributed by atoms with Crippen LogP contribution in [0, 0.1) is 0 Å². The molecule has 0 fully saturated rings. The molecule has 0 aromatic carbocycles. The summed E-state index contributed by atoms with van der Waals surface area (Å²) in [6.45, 7) is 1.29. The maximum absolute atomic E-state index is 12.4. The number of aromatic nitrogens is 2. The second-order valence-electron chi connectivity index (χ2n) is 3.52. The molecule has 0 aliphatic heterocycles. The summed E-state index contributed by atoms with van der Waals surface area (Å²) in [5.74, 6) is -0.372. The van der Waals surface area contributed by atoms with E-state index in [2.05, 4.69) is 9.97 Å². The van der Waals surface area contributed by atoms with E-state index in [1.165, 1.54) is 13.0 Å². The Bertz CT molecular complexity index is 590. The smallest absolute Gasteiger partial charge is 0.433 e. The van der Waals surface area contributed by atoms with Crippen LogP contribution in [0.4, 0.5) is 13.2 Å². The minimum atomic E-state index is -4.54. The summed E-state index contributed by atoms with van der Waals surface area (Å²) in [5.41, 5.74) is -0.859. The number of oxazole rings is 1. The zero-order chi connectivity index (χ0) is 13.3. The second kappa shape index (κ2) is 4.25. The fraction of sp³-hybridized carbons (Fsp3) is 0.182.